The number of urea groups is 1. The summed E-state index contributed by atoms with van der Waals surface area (Å²) < 4.78 is 1.84. The van der Waals surface area contributed by atoms with E-state index >= 15 is 0 Å². The molecule has 1 unspecified atom stereocenters. The van der Waals surface area contributed by atoms with Gasteiger partial charge in [-0.05, 0) is 44.6 Å². The number of aromatic nitrogens is 2. The maximum atomic E-state index is 13.1. The highest BCUT2D eigenvalue weighted by Gasteiger charge is 2.58. The molecule has 1 saturated carbocycles. The van der Waals surface area contributed by atoms with Crippen molar-refractivity contribution in [2.24, 2.45) is 11.8 Å². The van der Waals surface area contributed by atoms with Gasteiger partial charge in [-0.2, -0.15) is 5.10 Å². The minimum atomic E-state index is -0.726. The third-order valence-corrected chi connectivity index (χ3v) is 5.50. The first-order valence-electron chi connectivity index (χ1n) is 8.54. The molecule has 0 aromatic carbocycles. The first kappa shape index (κ1) is 16.0. The molecule has 6 nitrogen and oxygen atoms in total. The van der Waals surface area contributed by atoms with Crippen LogP contribution in [0.2, 0.25) is 0 Å². The van der Waals surface area contributed by atoms with E-state index in [0.717, 1.165) is 25.0 Å². The molecule has 1 aromatic rings. The van der Waals surface area contributed by atoms with Crippen molar-refractivity contribution in [2.45, 2.75) is 65.1 Å². The lowest BCUT2D eigenvalue weighted by Crippen LogP contribution is -2.58. The topological polar surface area (TPSA) is 67.2 Å². The smallest absolute Gasteiger partial charge is 0.323 e. The summed E-state index contributed by atoms with van der Waals surface area (Å²) >= 11 is 0. The van der Waals surface area contributed by atoms with Gasteiger partial charge in [0.2, 0.25) is 0 Å². The number of nitrogens with zero attached hydrogens (tertiary/aromatic N) is 3. The molecule has 1 aliphatic carbocycles. The summed E-state index contributed by atoms with van der Waals surface area (Å²) in [5, 5.41) is 7.48. The first-order chi connectivity index (χ1) is 10.9. The molecule has 2 fully saturated rings. The van der Waals surface area contributed by atoms with E-state index in [1.54, 1.807) is 0 Å². The van der Waals surface area contributed by atoms with Crippen molar-refractivity contribution >= 4 is 11.9 Å². The van der Waals surface area contributed by atoms with E-state index in [-0.39, 0.29) is 36.4 Å². The van der Waals surface area contributed by atoms with Crippen LogP contribution < -0.4 is 5.32 Å². The van der Waals surface area contributed by atoms with Crippen LogP contribution in [0.1, 0.15) is 58.7 Å². The Bertz CT molecular complexity index is 612. The van der Waals surface area contributed by atoms with Gasteiger partial charge in [0.1, 0.15) is 5.54 Å². The molecule has 1 aromatic heterocycles. The predicted molar refractivity (Wildman–Crippen MR) is 86.6 cm³/mol. The van der Waals surface area contributed by atoms with Crippen LogP contribution in [0.3, 0.4) is 0 Å². The molecule has 3 atom stereocenters. The van der Waals surface area contributed by atoms with Gasteiger partial charge >= 0.3 is 6.03 Å². The Morgan fingerprint density at radius 2 is 1.96 bits per heavy atom. The van der Waals surface area contributed by atoms with E-state index < -0.39 is 5.54 Å². The molecule has 3 rings (SSSR count). The fourth-order valence-electron chi connectivity index (χ4n) is 4.01. The second-order valence-electron chi connectivity index (χ2n) is 7.30. The van der Waals surface area contributed by atoms with Crippen molar-refractivity contribution in [3.8, 4) is 0 Å². The molecule has 23 heavy (non-hydrogen) atoms. The van der Waals surface area contributed by atoms with Crippen molar-refractivity contribution in [3.05, 3.63) is 18.0 Å². The highest BCUT2D eigenvalue weighted by molar-refractivity contribution is 6.07. The van der Waals surface area contributed by atoms with Crippen molar-refractivity contribution < 1.29 is 9.59 Å². The maximum Gasteiger partial charge on any atom is 0.325 e. The fourth-order valence-corrected chi connectivity index (χ4v) is 4.01. The second-order valence-corrected chi connectivity index (χ2v) is 7.30. The largest absolute Gasteiger partial charge is 0.325 e. The standard InChI is InChI=1S/C17H26N4O2/c1-11(2)21-9-8-14(19-21)10-20-15(22)17(18-16(20)23)12(3)6-5-7-13(17)4/h8-9,11-13H,5-7,10H2,1-4H3,(H,18,23)/t12-,13+,17?. The molecule has 1 saturated heterocycles. The van der Waals surface area contributed by atoms with E-state index in [0.29, 0.717) is 0 Å². The SMILES string of the molecule is CC(C)n1ccc(CN2C(=O)NC3(C2=O)[C@H](C)CCC[C@@H]3C)n1. The molecular weight excluding hydrogens is 292 g/mol. The Kier molecular flexibility index (Phi) is 3.94. The summed E-state index contributed by atoms with van der Waals surface area (Å²) in [6.45, 7) is 8.48. The third-order valence-electron chi connectivity index (χ3n) is 5.50. The van der Waals surface area contributed by atoms with Crippen LogP contribution in [0, 0.1) is 11.8 Å². The first-order valence-corrected chi connectivity index (χ1v) is 8.54. The maximum absolute atomic E-state index is 13.1. The Morgan fingerprint density at radius 3 is 2.52 bits per heavy atom. The van der Waals surface area contributed by atoms with Gasteiger partial charge in [0, 0.05) is 12.2 Å². The van der Waals surface area contributed by atoms with Crippen molar-refractivity contribution in [1.29, 1.82) is 0 Å². The van der Waals surface area contributed by atoms with Crippen LogP contribution in [0.25, 0.3) is 0 Å². The molecule has 2 heterocycles. The number of amides is 3. The van der Waals surface area contributed by atoms with Gasteiger partial charge in [-0.15, -0.1) is 0 Å². The number of rotatable bonds is 3. The molecule has 2 aliphatic rings. The zero-order valence-electron chi connectivity index (χ0n) is 14.4. The lowest BCUT2D eigenvalue weighted by atomic mass is 9.67. The zero-order chi connectivity index (χ0) is 16.8. The number of nitrogens with one attached hydrogen (secondary N) is 1. The minimum Gasteiger partial charge on any atom is -0.323 e. The molecule has 0 radical (unpaired) electrons. The van der Waals surface area contributed by atoms with Crippen molar-refractivity contribution in [1.82, 2.24) is 20.0 Å². The lowest BCUT2D eigenvalue weighted by Gasteiger charge is -2.42. The van der Waals surface area contributed by atoms with E-state index in [4.69, 9.17) is 0 Å². The van der Waals surface area contributed by atoms with E-state index in [9.17, 15) is 9.59 Å². The number of carbonyl (C=O) groups is 2. The molecule has 3 amide bonds. The molecule has 6 heteroatoms. The van der Waals surface area contributed by atoms with Gasteiger partial charge in [-0.25, -0.2) is 4.79 Å². The Morgan fingerprint density at radius 1 is 1.30 bits per heavy atom. The quantitative estimate of drug-likeness (QED) is 0.871. The summed E-state index contributed by atoms with van der Waals surface area (Å²) in [7, 11) is 0. The fraction of sp³-hybridized carbons (Fsp3) is 0.706. The number of imide groups is 1. The van der Waals surface area contributed by atoms with E-state index in [2.05, 4.69) is 24.3 Å². The summed E-state index contributed by atoms with van der Waals surface area (Å²) in [5.41, 5.74) is 0.0195. The van der Waals surface area contributed by atoms with Crippen LogP contribution in [0.4, 0.5) is 4.79 Å². The van der Waals surface area contributed by atoms with Crippen molar-refractivity contribution in [2.75, 3.05) is 0 Å². The Balaban J connectivity index is 1.83. The molecule has 0 bridgehead atoms. The highest BCUT2D eigenvalue weighted by atomic mass is 16.2. The molecular formula is C17H26N4O2. The monoisotopic (exact) mass is 318 g/mol. The van der Waals surface area contributed by atoms with Crippen molar-refractivity contribution in [3.63, 3.8) is 0 Å². The zero-order valence-corrected chi connectivity index (χ0v) is 14.4. The van der Waals surface area contributed by atoms with Crippen LogP contribution in [0.5, 0.6) is 0 Å². The summed E-state index contributed by atoms with van der Waals surface area (Å²) in [6, 6.07) is 1.85. The molecule has 1 spiro atoms. The lowest BCUT2D eigenvalue weighted by molar-refractivity contribution is -0.137. The minimum absolute atomic E-state index is 0.0821. The normalized spacial score (nSPS) is 31.3. The van der Waals surface area contributed by atoms with Crippen LogP contribution in [-0.4, -0.2) is 32.2 Å². The average molecular weight is 318 g/mol. The van der Waals surface area contributed by atoms with Crippen LogP contribution in [0.15, 0.2) is 12.3 Å². The van der Waals surface area contributed by atoms with Gasteiger partial charge in [-0.1, -0.05) is 20.3 Å². The predicted octanol–water partition coefficient (Wildman–Crippen LogP) is 2.71. The molecule has 1 N–H and O–H groups in total. The second kappa shape index (κ2) is 5.65. The Hall–Kier alpha value is -1.85. The number of hydrogen-bond donors (Lipinski definition) is 1. The Labute approximate surface area is 137 Å². The van der Waals surface area contributed by atoms with Crippen LogP contribution >= 0.6 is 0 Å². The number of carbonyl (C=O) groups excluding carboxylic acids is 2. The average Bonchev–Trinajstić information content (AvgIpc) is 3.05. The number of hydrogen-bond acceptors (Lipinski definition) is 3. The summed E-state index contributed by atoms with van der Waals surface area (Å²) in [4.78, 5) is 26.9. The third kappa shape index (κ3) is 2.44. The van der Waals surface area contributed by atoms with E-state index in [1.807, 2.05) is 30.8 Å². The van der Waals surface area contributed by atoms with E-state index in [1.165, 1.54) is 4.90 Å². The summed E-state index contributed by atoms with van der Waals surface area (Å²) in [5.74, 6) is 0.253. The van der Waals surface area contributed by atoms with Gasteiger partial charge in [0.05, 0.1) is 12.2 Å². The van der Waals surface area contributed by atoms with Gasteiger partial charge in [0.25, 0.3) is 5.91 Å². The summed E-state index contributed by atoms with van der Waals surface area (Å²) in [6.07, 6.45) is 4.96. The highest BCUT2D eigenvalue weighted by Crippen LogP contribution is 2.42. The van der Waals surface area contributed by atoms with Gasteiger partial charge in [0.15, 0.2) is 0 Å². The van der Waals surface area contributed by atoms with Gasteiger partial charge in [-0.3, -0.25) is 14.4 Å². The molecule has 1 aliphatic heterocycles. The van der Waals surface area contributed by atoms with Gasteiger partial charge < -0.3 is 5.32 Å². The van der Waals surface area contributed by atoms with Crippen LogP contribution in [-0.2, 0) is 11.3 Å². The molecule has 126 valence electrons.